The molecule has 0 unspecified atom stereocenters. The van der Waals surface area contributed by atoms with Gasteiger partial charge in [0.25, 0.3) is 5.16 Å². The SMILES string of the molecule is Cn1c([N+](=O)[O-])cnc1SCc1ccc(Br)cc1. The quantitative estimate of drug-likeness (QED) is 0.490. The number of imidazole rings is 1. The predicted octanol–water partition coefficient (Wildman–Crippen LogP) is 3.38. The zero-order valence-electron chi connectivity index (χ0n) is 9.54. The Morgan fingerprint density at radius 2 is 2.11 bits per heavy atom. The molecule has 1 aromatic heterocycles. The minimum Gasteiger partial charge on any atom is -0.358 e. The van der Waals surface area contributed by atoms with Crippen molar-refractivity contribution in [3.05, 3.63) is 50.6 Å². The first-order chi connectivity index (χ1) is 8.58. The molecule has 0 bridgehead atoms. The maximum Gasteiger partial charge on any atom is 0.343 e. The molecule has 0 aliphatic heterocycles. The van der Waals surface area contributed by atoms with Crippen molar-refractivity contribution in [1.29, 1.82) is 0 Å². The molecule has 0 N–H and O–H groups in total. The second-order valence-electron chi connectivity index (χ2n) is 3.63. The summed E-state index contributed by atoms with van der Waals surface area (Å²) in [6.07, 6.45) is 1.28. The Balaban J connectivity index is 2.06. The van der Waals surface area contributed by atoms with Crippen LogP contribution in [0.4, 0.5) is 5.82 Å². The first-order valence-corrected chi connectivity index (χ1v) is 6.89. The van der Waals surface area contributed by atoms with E-state index >= 15 is 0 Å². The summed E-state index contributed by atoms with van der Waals surface area (Å²) in [5, 5.41) is 11.3. The molecule has 0 aliphatic rings. The van der Waals surface area contributed by atoms with Gasteiger partial charge in [-0.05, 0) is 22.6 Å². The van der Waals surface area contributed by atoms with Gasteiger partial charge < -0.3 is 10.1 Å². The van der Waals surface area contributed by atoms with Crippen LogP contribution in [0.2, 0.25) is 0 Å². The minimum absolute atomic E-state index is 0.00769. The Hall–Kier alpha value is -1.34. The molecular weight excluding hydrogens is 318 g/mol. The fourth-order valence-electron chi connectivity index (χ4n) is 1.42. The zero-order valence-corrected chi connectivity index (χ0v) is 11.9. The molecule has 0 amide bonds. The van der Waals surface area contributed by atoms with Crippen molar-refractivity contribution in [3.63, 3.8) is 0 Å². The molecule has 1 aromatic carbocycles. The molecular formula is C11H10BrN3O2S. The van der Waals surface area contributed by atoms with Crippen LogP contribution in [0, 0.1) is 10.1 Å². The lowest BCUT2D eigenvalue weighted by atomic mass is 10.2. The van der Waals surface area contributed by atoms with Crippen LogP contribution in [0.25, 0.3) is 0 Å². The van der Waals surface area contributed by atoms with E-state index in [0.29, 0.717) is 5.16 Å². The van der Waals surface area contributed by atoms with Gasteiger partial charge in [0.05, 0.1) is 7.05 Å². The number of aromatic nitrogens is 2. The van der Waals surface area contributed by atoms with Crippen LogP contribution in [0.15, 0.2) is 40.1 Å². The molecule has 0 spiro atoms. The Labute approximate surface area is 117 Å². The smallest absolute Gasteiger partial charge is 0.343 e. The van der Waals surface area contributed by atoms with E-state index in [1.165, 1.54) is 22.5 Å². The monoisotopic (exact) mass is 327 g/mol. The standard InChI is InChI=1S/C11H10BrN3O2S/c1-14-10(15(16)17)6-13-11(14)18-7-8-2-4-9(12)5-3-8/h2-6H,7H2,1H3. The summed E-state index contributed by atoms with van der Waals surface area (Å²) in [6, 6.07) is 7.95. The Kier molecular flexibility index (Phi) is 4.03. The maximum absolute atomic E-state index is 10.7. The van der Waals surface area contributed by atoms with E-state index in [2.05, 4.69) is 20.9 Å². The highest BCUT2D eigenvalue weighted by atomic mass is 79.9. The number of halogens is 1. The first-order valence-electron chi connectivity index (χ1n) is 5.11. The lowest BCUT2D eigenvalue weighted by molar-refractivity contribution is -0.392. The fraction of sp³-hybridized carbons (Fsp3) is 0.182. The summed E-state index contributed by atoms with van der Waals surface area (Å²) >= 11 is 4.85. The summed E-state index contributed by atoms with van der Waals surface area (Å²) in [7, 11) is 1.65. The lowest BCUT2D eigenvalue weighted by Crippen LogP contribution is -1.98. The number of nitro groups is 1. The van der Waals surface area contributed by atoms with Crippen molar-refractivity contribution < 1.29 is 4.92 Å². The molecule has 7 heteroatoms. The van der Waals surface area contributed by atoms with Crippen molar-refractivity contribution in [2.45, 2.75) is 10.9 Å². The number of hydrogen-bond acceptors (Lipinski definition) is 4. The summed E-state index contributed by atoms with van der Waals surface area (Å²) in [4.78, 5) is 14.3. The highest BCUT2D eigenvalue weighted by molar-refractivity contribution is 9.10. The molecule has 1 heterocycles. The van der Waals surface area contributed by atoms with Crippen LogP contribution in [0.1, 0.15) is 5.56 Å². The van der Waals surface area contributed by atoms with Crippen LogP contribution >= 0.6 is 27.7 Å². The van der Waals surface area contributed by atoms with E-state index < -0.39 is 4.92 Å². The van der Waals surface area contributed by atoms with Gasteiger partial charge in [-0.15, -0.1) is 0 Å². The first kappa shape index (κ1) is 13.1. The molecule has 18 heavy (non-hydrogen) atoms. The third-order valence-electron chi connectivity index (χ3n) is 2.39. The Morgan fingerprint density at radius 3 is 2.67 bits per heavy atom. The van der Waals surface area contributed by atoms with Gasteiger partial charge in [0.1, 0.15) is 6.20 Å². The van der Waals surface area contributed by atoms with Gasteiger partial charge in [-0.1, -0.05) is 39.8 Å². The third-order valence-corrected chi connectivity index (χ3v) is 4.03. The number of benzene rings is 1. The highest BCUT2D eigenvalue weighted by Gasteiger charge is 2.16. The van der Waals surface area contributed by atoms with Gasteiger partial charge in [0.15, 0.2) is 0 Å². The van der Waals surface area contributed by atoms with Crippen molar-refractivity contribution in [1.82, 2.24) is 9.55 Å². The largest absolute Gasteiger partial charge is 0.358 e. The molecule has 5 nitrogen and oxygen atoms in total. The zero-order chi connectivity index (χ0) is 13.1. The van der Waals surface area contributed by atoms with Crippen molar-refractivity contribution in [2.75, 3.05) is 0 Å². The van der Waals surface area contributed by atoms with Gasteiger partial charge in [0.2, 0.25) is 0 Å². The second kappa shape index (κ2) is 5.53. The van der Waals surface area contributed by atoms with Gasteiger partial charge in [-0.25, -0.2) is 9.55 Å². The van der Waals surface area contributed by atoms with E-state index in [0.717, 1.165) is 15.8 Å². The van der Waals surface area contributed by atoms with E-state index in [9.17, 15) is 10.1 Å². The second-order valence-corrected chi connectivity index (χ2v) is 5.49. The van der Waals surface area contributed by atoms with Crippen LogP contribution in [0.5, 0.6) is 0 Å². The van der Waals surface area contributed by atoms with Crippen molar-refractivity contribution >= 4 is 33.5 Å². The van der Waals surface area contributed by atoms with E-state index in [1.54, 1.807) is 7.05 Å². The molecule has 0 radical (unpaired) electrons. The molecule has 94 valence electrons. The van der Waals surface area contributed by atoms with Crippen molar-refractivity contribution in [3.8, 4) is 0 Å². The molecule has 0 aliphatic carbocycles. The Morgan fingerprint density at radius 1 is 1.44 bits per heavy atom. The Bertz CT molecular complexity index is 568. The van der Waals surface area contributed by atoms with Gasteiger partial charge in [-0.2, -0.15) is 0 Å². The van der Waals surface area contributed by atoms with E-state index in [-0.39, 0.29) is 5.82 Å². The van der Waals surface area contributed by atoms with E-state index in [1.807, 2.05) is 24.3 Å². The van der Waals surface area contributed by atoms with E-state index in [4.69, 9.17) is 0 Å². The highest BCUT2D eigenvalue weighted by Crippen LogP contribution is 2.25. The maximum atomic E-state index is 10.7. The number of hydrogen-bond donors (Lipinski definition) is 0. The molecule has 0 saturated carbocycles. The van der Waals surface area contributed by atoms with Crippen LogP contribution < -0.4 is 0 Å². The summed E-state index contributed by atoms with van der Waals surface area (Å²) in [5.41, 5.74) is 1.15. The predicted molar refractivity (Wildman–Crippen MR) is 73.6 cm³/mol. The number of thioether (sulfide) groups is 1. The van der Waals surface area contributed by atoms with Gasteiger partial charge in [-0.3, -0.25) is 0 Å². The summed E-state index contributed by atoms with van der Waals surface area (Å²) in [6.45, 7) is 0. The van der Waals surface area contributed by atoms with Crippen molar-refractivity contribution in [2.24, 2.45) is 7.05 Å². The van der Waals surface area contributed by atoms with Crippen LogP contribution in [-0.2, 0) is 12.8 Å². The summed E-state index contributed by atoms with van der Waals surface area (Å²) < 4.78 is 2.52. The topological polar surface area (TPSA) is 61.0 Å². The number of rotatable bonds is 4. The molecule has 2 rings (SSSR count). The average molecular weight is 328 g/mol. The molecule has 2 aromatic rings. The van der Waals surface area contributed by atoms with Gasteiger partial charge in [0, 0.05) is 10.2 Å². The minimum atomic E-state index is -0.434. The molecule has 0 saturated heterocycles. The fourth-order valence-corrected chi connectivity index (χ4v) is 2.58. The molecule has 0 fully saturated rings. The normalized spacial score (nSPS) is 10.6. The summed E-state index contributed by atoms with van der Waals surface area (Å²) in [5.74, 6) is 0.739. The number of nitrogens with zero attached hydrogens (tertiary/aromatic N) is 3. The average Bonchev–Trinajstić information content (AvgIpc) is 2.70. The van der Waals surface area contributed by atoms with Crippen LogP contribution in [-0.4, -0.2) is 14.5 Å². The molecule has 0 atom stereocenters. The van der Waals surface area contributed by atoms with Gasteiger partial charge >= 0.3 is 5.82 Å². The lowest BCUT2D eigenvalue weighted by Gasteiger charge is -2.00. The van der Waals surface area contributed by atoms with Crippen LogP contribution in [0.3, 0.4) is 0 Å². The third kappa shape index (κ3) is 2.91.